The van der Waals surface area contributed by atoms with Crippen LogP contribution >= 0.6 is 0 Å². The van der Waals surface area contributed by atoms with E-state index in [9.17, 15) is 61.0 Å². The first-order valence-electron chi connectivity index (χ1n) is 44.9. The molecule has 0 aliphatic carbocycles. The Morgan fingerprint density at radius 2 is 0.620 bits per heavy atom. The summed E-state index contributed by atoms with van der Waals surface area (Å²) >= 11 is 0. The lowest BCUT2D eigenvalue weighted by atomic mass is 9.96. The van der Waals surface area contributed by atoms with E-state index in [-0.39, 0.29) is 18.9 Å². The molecule has 3 saturated heterocycles. The van der Waals surface area contributed by atoms with Crippen molar-refractivity contribution in [2.24, 2.45) is 0 Å². The molecular formula is C89H165NO18. The van der Waals surface area contributed by atoms with E-state index in [1.54, 1.807) is 6.08 Å². The van der Waals surface area contributed by atoms with E-state index in [0.717, 1.165) is 44.9 Å². The van der Waals surface area contributed by atoms with E-state index >= 15 is 0 Å². The van der Waals surface area contributed by atoms with Crippen LogP contribution in [-0.2, 0) is 33.2 Å². The smallest absolute Gasteiger partial charge is 0.220 e. The zero-order valence-electron chi connectivity index (χ0n) is 68.3. The molecule has 17 unspecified atom stereocenters. The molecule has 0 aromatic rings. The van der Waals surface area contributed by atoms with E-state index in [0.29, 0.717) is 12.8 Å². The van der Waals surface area contributed by atoms with Crippen LogP contribution in [0.15, 0.2) is 48.6 Å². The van der Waals surface area contributed by atoms with Gasteiger partial charge in [0.25, 0.3) is 0 Å². The molecule has 12 N–H and O–H groups in total. The highest BCUT2D eigenvalue weighted by molar-refractivity contribution is 5.76. The predicted molar refractivity (Wildman–Crippen MR) is 434 cm³/mol. The Labute approximate surface area is 656 Å². The third kappa shape index (κ3) is 47.6. The molecule has 0 radical (unpaired) electrons. The number of rotatable bonds is 73. The van der Waals surface area contributed by atoms with Crippen molar-refractivity contribution in [2.45, 2.75) is 484 Å². The van der Waals surface area contributed by atoms with E-state index < -0.39 is 124 Å². The number of allylic oxidation sites excluding steroid dienone is 7. The first kappa shape index (κ1) is 99.9. The van der Waals surface area contributed by atoms with E-state index in [1.807, 2.05) is 6.08 Å². The van der Waals surface area contributed by atoms with Gasteiger partial charge >= 0.3 is 0 Å². The summed E-state index contributed by atoms with van der Waals surface area (Å²) in [6.07, 6.45) is 62.8. The summed E-state index contributed by atoms with van der Waals surface area (Å²) in [5, 5.41) is 121. The SMILES string of the molecule is CCCCCCC/C=C\C/C=C\CCCCCCCCCCCCCCCCCCCCCCCCCCCCCCCC(=O)NC(COC1OC(CO)C(OC2OC(CO)C(OC3OC(CO)C(O)C(O)C3O)C(O)C2O)C(O)C1O)C(O)/C=C/CC/C=C/CCCCCCCCCCCCCCCCCC. The maximum absolute atomic E-state index is 13.5. The Hall–Kier alpha value is -2.25. The number of amides is 1. The molecule has 634 valence electrons. The maximum Gasteiger partial charge on any atom is 0.220 e. The minimum atomic E-state index is -1.98. The fourth-order valence-corrected chi connectivity index (χ4v) is 15.2. The molecule has 1 amide bonds. The second kappa shape index (κ2) is 69.1. The van der Waals surface area contributed by atoms with Crippen molar-refractivity contribution in [3.63, 3.8) is 0 Å². The fourth-order valence-electron chi connectivity index (χ4n) is 15.2. The van der Waals surface area contributed by atoms with Crippen molar-refractivity contribution in [3.05, 3.63) is 48.6 Å². The summed E-state index contributed by atoms with van der Waals surface area (Å²) in [5.74, 6) is -0.278. The normalized spacial score (nSPS) is 25.6. The first-order chi connectivity index (χ1) is 52.8. The summed E-state index contributed by atoms with van der Waals surface area (Å²) in [6.45, 7) is 1.76. The number of nitrogens with one attached hydrogen (secondary N) is 1. The third-order valence-corrected chi connectivity index (χ3v) is 22.3. The second-order valence-electron chi connectivity index (χ2n) is 32.1. The maximum atomic E-state index is 13.5. The molecule has 3 rings (SSSR count). The lowest BCUT2D eigenvalue weighted by Crippen LogP contribution is -2.66. The number of aliphatic hydroxyl groups is 11. The minimum absolute atomic E-state index is 0.240. The van der Waals surface area contributed by atoms with Gasteiger partial charge in [-0.25, -0.2) is 0 Å². The van der Waals surface area contributed by atoms with Gasteiger partial charge in [-0.2, -0.15) is 0 Å². The summed E-state index contributed by atoms with van der Waals surface area (Å²) in [5.41, 5.74) is 0. The molecule has 3 aliphatic heterocycles. The molecule has 19 nitrogen and oxygen atoms in total. The van der Waals surface area contributed by atoms with Gasteiger partial charge in [0.2, 0.25) is 5.91 Å². The number of carbonyl (C=O) groups is 1. The number of hydrogen-bond donors (Lipinski definition) is 12. The van der Waals surface area contributed by atoms with Crippen molar-refractivity contribution in [3.8, 4) is 0 Å². The van der Waals surface area contributed by atoms with E-state index in [4.69, 9.17) is 28.4 Å². The van der Waals surface area contributed by atoms with Crippen LogP contribution in [0.1, 0.15) is 380 Å². The summed E-state index contributed by atoms with van der Waals surface area (Å²) in [7, 11) is 0. The molecule has 0 bridgehead atoms. The Bertz CT molecular complexity index is 2130. The third-order valence-electron chi connectivity index (χ3n) is 22.3. The van der Waals surface area contributed by atoms with Crippen LogP contribution in [0.3, 0.4) is 0 Å². The molecule has 19 heteroatoms. The largest absolute Gasteiger partial charge is 0.394 e. The molecule has 3 aliphatic rings. The fraction of sp³-hybridized carbons (Fsp3) is 0.899. The van der Waals surface area contributed by atoms with Crippen molar-refractivity contribution in [1.29, 1.82) is 0 Å². The standard InChI is InChI=1S/C89H165NO18/c1-3-5-7-9-11-13-15-17-19-21-23-25-27-28-29-30-31-32-33-34-35-36-37-38-39-40-41-42-43-44-45-47-49-51-53-55-57-59-61-63-65-67-77(95)90-72(73(94)66-64-62-60-58-56-54-52-50-48-46-26-24-22-20-18-16-14-12-10-8-6-4-2)71-103-87-83(101)80(98)85(75(69-92)105-87)108-89-84(102)81(99)86(76(70-93)106-89)107-88-82(100)79(97)78(96)74(68-91)104-88/h15,17,21,23,56,58,64,66,72-76,78-89,91-94,96-102H,3-14,16,18-20,22,24-55,57,59-63,65,67-71H2,1-2H3,(H,90,95)/b17-15-,23-21-,58-56+,66-64+. The first-order valence-corrected chi connectivity index (χ1v) is 44.9. The second-order valence-corrected chi connectivity index (χ2v) is 32.1. The van der Waals surface area contributed by atoms with Crippen molar-refractivity contribution in [2.75, 3.05) is 26.4 Å². The van der Waals surface area contributed by atoms with Gasteiger partial charge in [-0.1, -0.05) is 358 Å². The highest BCUT2D eigenvalue weighted by atomic mass is 16.8. The molecule has 0 saturated carbocycles. The Kier molecular flexibility index (Phi) is 63.9. The van der Waals surface area contributed by atoms with Gasteiger partial charge < -0.3 is 89.9 Å². The summed E-state index contributed by atoms with van der Waals surface area (Å²) in [6, 6.07) is -0.990. The molecular weight excluding hydrogens is 1370 g/mol. The molecule has 17 atom stereocenters. The molecule has 3 heterocycles. The van der Waals surface area contributed by atoms with Crippen molar-refractivity contribution in [1.82, 2.24) is 5.32 Å². The number of ether oxygens (including phenoxy) is 6. The van der Waals surface area contributed by atoms with Gasteiger partial charge in [0, 0.05) is 6.42 Å². The van der Waals surface area contributed by atoms with Crippen LogP contribution in [0, 0.1) is 0 Å². The summed E-state index contributed by atoms with van der Waals surface area (Å²) in [4.78, 5) is 13.5. The van der Waals surface area contributed by atoms with Crippen LogP contribution in [0.4, 0.5) is 0 Å². The van der Waals surface area contributed by atoms with Gasteiger partial charge in [0.1, 0.15) is 73.2 Å². The highest BCUT2D eigenvalue weighted by Gasteiger charge is 2.54. The molecule has 3 fully saturated rings. The summed E-state index contributed by atoms with van der Waals surface area (Å²) < 4.78 is 34.5. The topological polar surface area (TPSA) is 307 Å². The van der Waals surface area contributed by atoms with E-state index in [2.05, 4.69) is 55.6 Å². The quantitative estimate of drug-likeness (QED) is 0.0199. The molecule has 108 heavy (non-hydrogen) atoms. The molecule has 0 spiro atoms. The van der Waals surface area contributed by atoms with Crippen molar-refractivity contribution < 1.29 is 89.4 Å². The lowest BCUT2D eigenvalue weighted by molar-refractivity contribution is -0.379. The van der Waals surface area contributed by atoms with Crippen LogP contribution in [0.25, 0.3) is 0 Å². The zero-order valence-corrected chi connectivity index (χ0v) is 68.3. The van der Waals surface area contributed by atoms with Crippen LogP contribution in [0.5, 0.6) is 0 Å². The van der Waals surface area contributed by atoms with Crippen LogP contribution in [-0.4, -0.2) is 193 Å². The Morgan fingerprint density at radius 1 is 0.333 bits per heavy atom. The Balaban J connectivity index is 1.29. The number of hydrogen-bond acceptors (Lipinski definition) is 18. The molecule has 0 aromatic carbocycles. The highest BCUT2D eigenvalue weighted by Crippen LogP contribution is 2.34. The van der Waals surface area contributed by atoms with Gasteiger partial charge in [-0.05, 0) is 64.2 Å². The zero-order chi connectivity index (χ0) is 78.1. The van der Waals surface area contributed by atoms with Gasteiger partial charge in [-0.3, -0.25) is 4.79 Å². The van der Waals surface area contributed by atoms with E-state index in [1.165, 1.54) is 302 Å². The average Bonchev–Trinajstić information content (AvgIpc) is 0.787. The number of aliphatic hydroxyl groups excluding tert-OH is 11. The van der Waals surface area contributed by atoms with Crippen LogP contribution in [0.2, 0.25) is 0 Å². The Morgan fingerprint density at radius 3 is 0.981 bits per heavy atom. The van der Waals surface area contributed by atoms with Gasteiger partial charge in [0.05, 0.1) is 38.6 Å². The predicted octanol–water partition coefficient (Wildman–Crippen LogP) is 16.8. The number of unbranched alkanes of at least 4 members (excludes halogenated alkanes) is 51. The minimum Gasteiger partial charge on any atom is -0.394 e. The van der Waals surface area contributed by atoms with Gasteiger partial charge in [-0.15, -0.1) is 0 Å². The van der Waals surface area contributed by atoms with Crippen molar-refractivity contribution >= 4 is 5.91 Å². The average molecular weight is 1540 g/mol. The lowest BCUT2D eigenvalue weighted by Gasteiger charge is -2.48. The van der Waals surface area contributed by atoms with Gasteiger partial charge in [0.15, 0.2) is 18.9 Å². The monoisotopic (exact) mass is 1540 g/mol. The number of carbonyl (C=O) groups excluding carboxylic acids is 1. The molecule has 0 aromatic heterocycles. The van der Waals surface area contributed by atoms with Crippen LogP contribution < -0.4 is 5.32 Å².